The highest BCUT2D eigenvalue weighted by molar-refractivity contribution is 5.43. The first-order valence-electron chi connectivity index (χ1n) is 7.39. The Morgan fingerprint density at radius 2 is 2.08 bits per heavy atom. The highest BCUT2D eigenvalue weighted by atomic mass is 19.4. The van der Waals surface area contributed by atoms with Crippen molar-refractivity contribution >= 4 is 5.69 Å². The first kappa shape index (κ1) is 17.4. The second-order valence-corrected chi connectivity index (χ2v) is 5.22. The Morgan fingerprint density at radius 3 is 2.72 bits per heavy atom. The topological polar surface area (TPSA) is 59.5 Å². The maximum atomic E-state index is 14.0. The van der Waals surface area contributed by atoms with E-state index >= 15 is 0 Å². The van der Waals surface area contributed by atoms with Crippen LogP contribution in [0, 0.1) is 0 Å². The molecule has 10 heteroatoms. The van der Waals surface area contributed by atoms with Crippen LogP contribution >= 0.6 is 0 Å². The molecule has 0 radical (unpaired) electrons. The molecular formula is C15H14F4N4O2. The van der Waals surface area contributed by atoms with Gasteiger partial charge < -0.3 is 14.9 Å². The van der Waals surface area contributed by atoms with Crippen molar-refractivity contribution in [2.75, 3.05) is 25.0 Å². The Morgan fingerprint density at radius 1 is 1.24 bits per heavy atom. The van der Waals surface area contributed by atoms with Gasteiger partial charge in [0, 0.05) is 19.3 Å². The lowest BCUT2D eigenvalue weighted by molar-refractivity contribution is -0.141. The summed E-state index contributed by atoms with van der Waals surface area (Å²) in [6, 6.07) is 4.66. The number of morpholine rings is 1. The van der Waals surface area contributed by atoms with Crippen LogP contribution in [0.3, 0.4) is 0 Å². The molecule has 1 N–H and O–H groups in total. The van der Waals surface area contributed by atoms with E-state index in [2.05, 4.69) is 15.3 Å². The van der Waals surface area contributed by atoms with E-state index in [4.69, 9.17) is 9.57 Å². The summed E-state index contributed by atoms with van der Waals surface area (Å²) in [5.41, 5.74) is -1.01. The number of pyridine rings is 2. The first-order chi connectivity index (χ1) is 11.9. The number of hydrogen-bond acceptors (Lipinski definition) is 6. The lowest BCUT2D eigenvalue weighted by atomic mass is 10.2. The average molecular weight is 358 g/mol. The fraction of sp³-hybridized carbons (Fsp3) is 0.333. The van der Waals surface area contributed by atoms with Crippen molar-refractivity contribution in [3.05, 3.63) is 48.0 Å². The molecule has 0 spiro atoms. The minimum Gasteiger partial charge on any atom is -0.369 e. The van der Waals surface area contributed by atoms with Crippen LogP contribution in [0.5, 0.6) is 5.75 Å². The van der Waals surface area contributed by atoms with Crippen molar-refractivity contribution in [3.63, 3.8) is 0 Å². The summed E-state index contributed by atoms with van der Waals surface area (Å²) in [5, 5.41) is 2.89. The highest BCUT2D eigenvalue weighted by Gasteiger charge is 2.33. The van der Waals surface area contributed by atoms with Crippen LogP contribution in [0.25, 0.3) is 0 Å². The number of hydrogen-bond donors (Lipinski definition) is 1. The number of nitrogens with one attached hydrogen (secondary N) is 1. The van der Waals surface area contributed by atoms with Gasteiger partial charge in [-0.15, -0.1) is 0 Å². The summed E-state index contributed by atoms with van der Waals surface area (Å²) in [7, 11) is 0. The zero-order valence-corrected chi connectivity index (χ0v) is 12.8. The summed E-state index contributed by atoms with van der Waals surface area (Å²) in [4.78, 5) is 12.2. The van der Waals surface area contributed by atoms with E-state index in [1.165, 1.54) is 12.3 Å². The Kier molecular flexibility index (Phi) is 5.00. The van der Waals surface area contributed by atoms with Crippen molar-refractivity contribution in [2.45, 2.75) is 12.3 Å². The minimum atomic E-state index is -4.67. The van der Waals surface area contributed by atoms with E-state index in [0.717, 1.165) is 18.8 Å². The quantitative estimate of drug-likeness (QED) is 0.515. The zero-order chi connectivity index (χ0) is 17.9. The monoisotopic (exact) mass is 358 g/mol. The molecule has 1 saturated heterocycles. The molecule has 3 rings (SSSR count). The molecule has 2 aromatic rings. The second-order valence-electron chi connectivity index (χ2n) is 5.22. The van der Waals surface area contributed by atoms with Crippen LogP contribution in [0.1, 0.15) is 17.5 Å². The van der Waals surface area contributed by atoms with E-state index in [1.54, 1.807) is 6.07 Å². The molecular weight excluding hydrogens is 344 g/mol. The number of ether oxygens (including phenoxy) is 1. The second kappa shape index (κ2) is 7.19. The molecule has 1 fully saturated rings. The van der Waals surface area contributed by atoms with Crippen molar-refractivity contribution in [1.82, 2.24) is 15.3 Å². The van der Waals surface area contributed by atoms with Gasteiger partial charge in [-0.2, -0.15) is 13.2 Å². The predicted octanol–water partition coefficient (Wildman–Crippen LogP) is 2.84. The molecule has 1 atom stereocenters. The van der Waals surface area contributed by atoms with Gasteiger partial charge in [0.05, 0.1) is 18.5 Å². The van der Waals surface area contributed by atoms with Crippen LogP contribution in [-0.2, 0) is 10.9 Å². The molecule has 25 heavy (non-hydrogen) atoms. The molecule has 0 amide bonds. The Balaban J connectivity index is 1.67. The largest absolute Gasteiger partial charge is 0.433 e. The van der Waals surface area contributed by atoms with Gasteiger partial charge in [0.1, 0.15) is 17.5 Å². The molecule has 0 saturated carbocycles. The van der Waals surface area contributed by atoms with Gasteiger partial charge in [-0.3, -0.25) is 9.97 Å². The van der Waals surface area contributed by atoms with Gasteiger partial charge >= 0.3 is 6.18 Å². The molecule has 0 aliphatic carbocycles. The lowest BCUT2D eigenvalue weighted by Gasteiger charge is -2.23. The van der Waals surface area contributed by atoms with Crippen molar-refractivity contribution in [2.24, 2.45) is 0 Å². The molecule has 134 valence electrons. The summed E-state index contributed by atoms with van der Waals surface area (Å²) < 4.78 is 57.4. The lowest BCUT2D eigenvalue weighted by Crippen LogP contribution is -2.33. The fourth-order valence-corrected chi connectivity index (χ4v) is 2.22. The Hall–Kier alpha value is -2.46. The van der Waals surface area contributed by atoms with Crippen molar-refractivity contribution in [1.29, 1.82) is 0 Å². The molecule has 3 heterocycles. The van der Waals surface area contributed by atoms with Crippen molar-refractivity contribution in [3.8, 4) is 5.75 Å². The zero-order valence-electron chi connectivity index (χ0n) is 12.8. The molecule has 0 aromatic carbocycles. The third-order valence-electron chi connectivity index (χ3n) is 3.44. The Labute approximate surface area is 140 Å². The summed E-state index contributed by atoms with van der Waals surface area (Å²) >= 11 is 0. The Bertz CT molecular complexity index is 705. The van der Waals surface area contributed by atoms with E-state index in [0.29, 0.717) is 24.9 Å². The molecule has 0 bridgehead atoms. The molecule has 1 aliphatic rings. The molecule has 2 aromatic heterocycles. The number of alkyl halides is 3. The first-order valence-corrected chi connectivity index (χ1v) is 7.39. The average Bonchev–Trinajstić information content (AvgIpc) is 2.62. The van der Waals surface area contributed by atoms with Crippen LogP contribution < -0.4 is 15.4 Å². The van der Waals surface area contributed by atoms with Gasteiger partial charge in [0.2, 0.25) is 0 Å². The number of rotatable bonds is 4. The summed E-state index contributed by atoms with van der Waals surface area (Å²) in [5.74, 6) is 0.0281. The van der Waals surface area contributed by atoms with Crippen LogP contribution in [-0.4, -0.2) is 29.7 Å². The maximum absolute atomic E-state index is 14.0. The third-order valence-corrected chi connectivity index (χ3v) is 3.44. The highest BCUT2D eigenvalue weighted by Crippen LogP contribution is 2.30. The van der Waals surface area contributed by atoms with E-state index in [-0.39, 0.29) is 17.1 Å². The van der Waals surface area contributed by atoms with Gasteiger partial charge in [0.25, 0.3) is 0 Å². The number of aromatic nitrogens is 2. The van der Waals surface area contributed by atoms with E-state index in [1.807, 2.05) is 0 Å². The SMILES string of the molecule is FN(Oc1ccc(C2CNCCO2)nc1)c1ccnc(C(F)(F)F)c1. The van der Waals surface area contributed by atoms with Gasteiger partial charge in [-0.1, -0.05) is 4.48 Å². The van der Waals surface area contributed by atoms with E-state index in [9.17, 15) is 17.7 Å². The van der Waals surface area contributed by atoms with E-state index < -0.39 is 17.6 Å². The molecule has 1 unspecified atom stereocenters. The minimum absolute atomic E-state index is 0.0281. The van der Waals surface area contributed by atoms with Gasteiger partial charge in [0.15, 0.2) is 5.75 Å². The van der Waals surface area contributed by atoms with Crippen LogP contribution in [0.15, 0.2) is 36.7 Å². The standard InChI is InChI=1S/C15H14F4N4O2/c16-15(17,18)14-7-10(3-4-21-14)23(19)25-11-1-2-12(22-8-11)13-9-20-5-6-24-13/h1-4,7-8,13,20H,5-6,9H2. The number of nitrogens with zero attached hydrogens (tertiary/aromatic N) is 3. The third kappa shape index (κ3) is 4.34. The molecule has 6 nitrogen and oxygen atoms in total. The van der Waals surface area contributed by atoms with Crippen LogP contribution in [0.2, 0.25) is 0 Å². The maximum Gasteiger partial charge on any atom is 0.433 e. The fourth-order valence-electron chi connectivity index (χ4n) is 2.22. The van der Waals surface area contributed by atoms with Crippen LogP contribution in [0.4, 0.5) is 23.3 Å². The van der Waals surface area contributed by atoms with Crippen molar-refractivity contribution < 1.29 is 27.2 Å². The van der Waals surface area contributed by atoms with Gasteiger partial charge in [-0.25, -0.2) is 0 Å². The normalized spacial score (nSPS) is 18.0. The number of anilines is 1. The predicted molar refractivity (Wildman–Crippen MR) is 79.3 cm³/mol. The summed E-state index contributed by atoms with van der Waals surface area (Å²) in [6.07, 6.45) is -2.76. The molecule has 1 aliphatic heterocycles. The number of halogens is 4. The van der Waals surface area contributed by atoms with Gasteiger partial charge in [-0.05, 0) is 29.6 Å². The smallest absolute Gasteiger partial charge is 0.369 e. The summed E-state index contributed by atoms with van der Waals surface area (Å²) in [6.45, 7) is 1.94.